The van der Waals surface area contributed by atoms with Crippen molar-refractivity contribution in [1.29, 1.82) is 0 Å². The number of nitrogens with zero attached hydrogens (tertiary/aromatic N) is 1. The van der Waals surface area contributed by atoms with Gasteiger partial charge in [-0.3, -0.25) is 4.98 Å². The van der Waals surface area contributed by atoms with Crippen molar-refractivity contribution in [3.8, 4) is 5.75 Å². The molecule has 0 spiro atoms. The van der Waals surface area contributed by atoms with E-state index in [1.165, 1.54) is 0 Å². The van der Waals surface area contributed by atoms with Crippen molar-refractivity contribution in [1.82, 2.24) is 10.3 Å². The van der Waals surface area contributed by atoms with Crippen LogP contribution in [0.25, 0.3) is 0 Å². The molecular formula is C16H19BrN2O. The first-order valence-electron chi connectivity index (χ1n) is 6.74. The lowest BCUT2D eigenvalue weighted by atomic mass is 10.0. The van der Waals surface area contributed by atoms with Gasteiger partial charge in [0.1, 0.15) is 5.75 Å². The molecule has 0 aliphatic carbocycles. The number of benzene rings is 1. The Morgan fingerprint density at radius 3 is 2.80 bits per heavy atom. The molecule has 0 saturated heterocycles. The maximum Gasteiger partial charge on any atom is 0.120 e. The summed E-state index contributed by atoms with van der Waals surface area (Å²) in [6.45, 7) is 4.77. The van der Waals surface area contributed by atoms with Gasteiger partial charge in [-0.1, -0.05) is 28.9 Å². The van der Waals surface area contributed by atoms with E-state index in [4.69, 9.17) is 0 Å². The second-order valence-corrected chi connectivity index (χ2v) is 5.73. The van der Waals surface area contributed by atoms with Crippen LogP contribution in [0.4, 0.5) is 0 Å². The van der Waals surface area contributed by atoms with Crippen molar-refractivity contribution in [2.45, 2.75) is 32.9 Å². The van der Waals surface area contributed by atoms with Gasteiger partial charge >= 0.3 is 0 Å². The number of pyridine rings is 1. The highest BCUT2D eigenvalue weighted by molar-refractivity contribution is 9.10. The molecule has 3 nitrogen and oxygen atoms in total. The van der Waals surface area contributed by atoms with Crippen LogP contribution >= 0.6 is 15.9 Å². The van der Waals surface area contributed by atoms with Crippen molar-refractivity contribution in [3.63, 3.8) is 0 Å². The first kappa shape index (κ1) is 15.0. The third-order valence-corrected chi connectivity index (χ3v) is 3.74. The van der Waals surface area contributed by atoms with Crippen LogP contribution in [0, 0.1) is 6.92 Å². The number of aromatic hydroxyl groups is 1. The topological polar surface area (TPSA) is 45.2 Å². The van der Waals surface area contributed by atoms with Crippen LogP contribution in [0.2, 0.25) is 0 Å². The van der Waals surface area contributed by atoms with E-state index in [1.807, 2.05) is 37.3 Å². The molecule has 1 atom stereocenters. The van der Waals surface area contributed by atoms with E-state index in [1.54, 1.807) is 6.07 Å². The minimum atomic E-state index is 0.106. The van der Waals surface area contributed by atoms with E-state index in [9.17, 15) is 5.11 Å². The standard InChI is InChI=1S/C16H19BrN2O/c1-3-15(14-9-12(17)7-8-16(14)20)18-10-13-6-4-5-11(2)19-13/h4-9,15,18,20H,3,10H2,1-2H3. The van der Waals surface area contributed by atoms with E-state index in [-0.39, 0.29) is 6.04 Å². The molecule has 2 N–H and O–H groups in total. The number of rotatable bonds is 5. The summed E-state index contributed by atoms with van der Waals surface area (Å²) in [5.41, 5.74) is 2.94. The third-order valence-electron chi connectivity index (χ3n) is 3.25. The number of nitrogens with one attached hydrogen (secondary N) is 1. The SMILES string of the molecule is CCC(NCc1cccc(C)n1)c1cc(Br)ccc1O. The molecule has 0 aliphatic rings. The lowest BCUT2D eigenvalue weighted by Gasteiger charge is -2.19. The molecule has 0 bridgehead atoms. The van der Waals surface area contributed by atoms with Gasteiger partial charge in [-0.15, -0.1) is 0 Å². The van der Waals surface area contributed by atoms with Gasteiger partial charge in [-0.05, 0) is 43.7 Å². The summed E-state index contributed by atoms with van der Waals surface area (Å²) >= 11 is 3.45. The number of hydrogen-bond acceptors (Lipinski definition) is 3. The van der Waals surface area contributed by atoms with Gasteiger partial charge in [0.25, 0.3) is 0 Å². The monoisotopic (exact) mass is 334 g/mol. The Morgan fingerprint density at radius 1 is 1.30 bits per heavy atom. The zero-order chi connectivity index (χ0) is 14.5. The lowest BCUT2D eigenvalue weighted by Crippen LogP contribution is -2.21. The molecule has 1 aromatic heterocycles. The van der Waals surface area contributed by atoms with Gasteiger partial charge in [0.15, 0.2) is 0 Å². The van der Waals surface area contributed by atoms with E-state index >= 15 is 0 Å². The Labute approximate surface area is 128 Å². The number of phenolic OH excluding ortho intramolecular Hbond substituents is 1. The largest absolute Gasteiger partial charge is 0.508 e. The smallest absolute Gasteiger partial charge is 0.120 e. The fourth-order valence-electron chi connectivity index (χ4n) is 2.20. The number of aromatic nitrogens is 1. The molecule has 0 amide bonds. The highest BCUT2D eigenvalue weighted by atomic mass is 79.9. The average molecular weight is 335 g/mol. The molecule has 0 aliphatic heterocycles. The maximum atomic E-state index is 10.0. The van der Waals surface area contributed by atoms with Crippen LogP contribution in [0.3, 0.4) is 0 Å². The van der Waals surface area contributed by atoms with Crippen LogP contribution < -0.4 is 5.32 Å². The average Bonchev–Trinajstić information content (AvgIpc) is 2.43. The first-order valence-corrected chi connectivity index (χ1v) is 7.53. The molecule has 1 aromatic carbocycles. The highest BCUT2D eigenvalue weighted by Gasteiger charge is 2.13. The van der Waals surface area contributed by atoms with Crippen molar-refractivity contribution < 1.29 is 5.11 Å². The van der Waals surface area contributed by atoms with E-state index < -0.39 is 0 Å². The number of phenols is 1. The van der Waals surface area contributed by atoms with Crippen LogP contribution in [-0.2, 0) is 6.54 Å². The summed E-state index contributed by atoms with van der Waals surface area (Å²) in [5, 5.41) is 13.5. The predicted octanol–water partition coefficient (Wildman–Crippen LogP) is 4.10. The molecule has 0 fully saturated rings. The van der Waals surface area contributed by atoms with Crippen molar-refractivity contribution >= 4 is 15.9 Å². The van der Waals surface area contributed by atoms with Gasteiger partial charge in [0, 0.05) is 28.3 Å². The molecule has 106 valence electrons. The maximum absolute atomic E-state index is 10.0. The number of aryl methyl sites for hydroxylation is 1. The Balaban J connectivity index is 2.11. The predicted molar refractivity (Wildman–Crippen MR) is 84.7 cm³/mol. The van der Waals surface area contributed by atoms with Gasteiger partial charge in [-0.25, -0.2) is 0 Å². The Hall–Kier alpha value is -1.39. The van der Waals surface area contributed by atoms with Crippen LogP contribution in [0.15, 0.2) is 40.9 Å². The zero-order valence-electron chi connectivity index (χ0n) is 11.7. The molecule has 20 heavy (non-hydrogen) atoms. The van der Waals surface area contributed by atoms with E-state index in [0.29, 0.717) is 12.3 Å². The normalized spacial score (nSPS) is 12.3. The Kier molecular flexibility index (Phi) is 5.15. The van der Waals surface area contributed by atoms with Crippen LogP contribution in [-0.4, -0.2) is 10.1 Å². The molecular weight excluding hydrogens is 316 g/mol. The van der Waals surface area contributed by atoms with Crippen LogP contribution in [0.1, 0.15) is 36.3 Å². The summed E-state index contributed by atoms with van der Waals surface area (Å²) < 4.78 is 0.972. The molecule has 2 aromatic rings. The van der Waals surface area contributed by atoms with Crippen molar-refractivity contribution in [3.05, 3.63) is 57.8 Å². The number of hydrogen-bond donors (Lipinski definition) is 2. The molecule has 1 unspecified atom stereocenters. The Bertz CT molecular complexity index is 586. The van der Waals surface area contributed by atoms with Crippen molar-refractivity contribution in [2.24, 2.45) is 0 Å². The lowest BCUT2D eigenvalue weighted by molar-refractivity contribution is 0.439. The summed E-state index contributed by atoms with van der Waals surface area (Å²) in [4.78, 5) is 4.48. The first-order chi connectivity index (χ1) is 9.60. The Morgan fingerprint density at radius 2 is 2.10 bits per heavy atom. The van der Waals surface area contributed by atoms with Crippen molar-refractivity contribution in [2.75, 3.05) is 0 Å². The van der Waals surface area contributed by atoms with Gasteiger partial charge in [0.05, 0.1) is 5.69 Å². The van der Waals surface area contributed by atoms with Gasteiger partial charge in [-0.2, -0.15) is 0 Å². The van der Waals surface area contributed by atoms with E-state index in [2.05, 4.69) is 33.2 Å². The molecule has 0 saturated carbocycles. The quantitative estimate of drug-likeness (QED) is 0.865. The number of halogens is 1. The molecule has 0 radical (unpaired) electrons. The second kappa shape index (κ2) is 6.86. The fourth-order valence-corrected chi connectivity index (χ4v) is 2.58. The minimum absolute atomic E-state index is 0.106. The fraction of sp³-hybridized carbons (Fsp3) is 0.312. The molecule has 2 rings (SSSR count). The summed E-state index contributed by atoms with van der Waals surface area (Å²) in [7, 11) is 0. The molecule has 1 heterocycles. The van der Waals surface area contributed by atoms with Gasteiger partial charge in [0.2, 0.25) is 0 Å². The van der Waals surface area contributed by atoms with E-state index in [0.717, 1.165) is 27.8 Å². The summed E-state index contributed by atoms with van der Waals surface area (Å²) in [5.74, 6) is 0.324. The molecule has 4 heteroatoms. The second-order valence-electron chi connectivity index (χ2n) is 4.82. The summed E-state index contributed by atoms with van der Waals surface area (Å²) in [6, 6.07) is 11.6. The highest BCUT2D eigenvalue weighted by Crippen LogP contribution is 2.29. The third kappa shape index (κ3) is 3.81. The zero-order valence-corrected chi connectivity index (χ0v) is 13.3. The minimum Gasteiger partial charge on any atom is -0.508 e. The van der Waals surface area contributed by atoms with Gasteiger partial charge < -0.3 is 10.4 Å². The van der Waals surface area contributed by atoms with Crippen LogP contribution in [0.5, 0.6) is 5.75 Å². The summed E-state index contributed by atoms with van der Waals surface area (Å²) in [6.07, 6.45) is 0.899.